The first-order valence-electron chi connectivity index (χ1n) is 3.68. The lowest BCUT2D eigenvalue weighted by molar-refractivity contribution is -0.114. The van der Waals surface area contributed by atoms with Gasteiger partial charge in [-0.05, 0) is 12.1 Å². The van der Waals surface area contributed by atoms with Crippen LogP contribution in [-0.4, -0.2) is 22.0 Å². The molecule has 5 nitrogen and oxygen atoms in total. The van der Waals surface area contributed by atoms with Gasteiger partial charge in [-0.3, -0.25) is 4.79 Å². The number of hydrogen-bond donors (Lipinski definition) is 2. The summed E-state index contributed by atoms with van der Waals surface area (Å²) in [7, 11) is 0. The largest absolute Gasteiger partial charge is 0.478 e. The molecule has 0 saturated heterocycles. The molecule has 0 bridgehead atoms. The fourth-order valence-electron chi connectivity index (χ4n) is 0.870. The molecule has 1 rings (SSSR count). The van der Waals surface area contributed by atoms with Gasteiger partial charge < -0.3 is 10.4 Å². The van der Waals surface area contributed by atoms with Crippen molar-refractivity contribution in [1.29, 1.82) is 0 Å². The average Bonchev–Trinajstić information content (AvgIpc) is 2.01. The Labute approximate surface area is 84.7 Å². The van der Waals surface area contributed by atoms with Crippen LogP contribution in [0.4, 0.5) is 5.82 Å². The van der Waals surface area contributed by atoms with Gasteiger partial charge in [-0.25, -0.2) is 9.78 Å². The number of rotatable bonds is 2. The van der Waals surface area contributed by atoms with Gasteiger partial charge in [-0.15, -0.1) is 0 Å². The molecular formula is C8H7ClN2O3. The fourth-order valence-corrected chi connectivity index (χ4v) is 1.02. The van der Waals surface area contributed by atoms with Crippen molar-refractivity contribution in [1.82, 2.24) is 4.98 Å². The molecule has 0 aromatic carbocycles. The first kappa shape index (κ1) is 10.5. The first-order chi connectivity index (χ1) is 6.50. The Morgan fingerprint density at radius 2 is 2.14 bits per heavy atom. The number of aromatic nitrogens is 1. The van der Waals surface area contributed by atoms with E-state index in [2.05, 4.69) is 10.3 Å². The Bertz CT molecular complexity index is 392. The molecule has 0 aliphatic heterocycles. The zero-order chi connectivity index (χ0) is 10.7. The highest BCUT2D eigenvalue weighted by molar-refractivity contribution is 6.29. The number of carbonyl (C=O) groups is 2. The van der Waals surface area contributed by atoms with Gasteiger partial charge in [0.2, 0.25) is 5.91 Å². The van der Waals surface area contributed by atoms with Crippen LogP contribution in [0, 0.1) is 0 Å². The minimum Gasteiger partial charge on any atom is -0.478 e. The predicted octanol–water partition coefficient (Wildman–Crippen LogP) is 1.39. The van der Waals surface area contributed by atoms with Crippen LogP contribution in [-0.2, 0) is 4.79 Å². The number of carboxylic acid groups (broad SMARTS) is 1. The normalized spacial score (nSPS) is 9.57. The Morgan fingerprint density at radius 3 is 2.64 bits per heavy atom. The standard InChI is InChI=1S/C8H7ClN2O3/c1-4(12)10-7-5(8(13)14)2-3-6(9)11-7/h2-3H,1H3,(H,13,14)(H,10,11,12). The highest BCUT2D eigenvalue weighted by Gasteiger charge is 2.12. The van der Waals surface area contributed by atoms with Crippen molar-refractivity contribution in [3.63, 3.8) is 0 Å². The molecule has 1 aromatic rings. The highest BCUT2D eigenvalue weighted by atomic mass is 35.5. The lowest BCUT2D eigenvalue weighted by atomic mass is 10.2. The van der Waals surface area contributed by atoms with E-state index in [9.17, 15) is 9.59 Å². The van der Waals surface area contributed by atoms with Crippen molar-refractivity contribution in [2.24, 2.45) is 0 Å². The molecule has 0 saturated carbocycles. The molecule has 0 aliphatic carbocycles. The molecule has 14 heavy (non-hydrogen) atoms. The molecule has 74 valence electrons. The SMILES string of the molecule is CC(=O)Nc1nc(Cl)ccc1C(=O)O. The van der Waals surface area contributed by atoms with Crippen LogP contribution < -0.4 is 5.32 Å². The van der Waals surface area contributed by atoms with Gasteiger partial charge in [0.15, 0.2) is 0 Å². The van der Waals surface area contributed by atoms with Crippen LogP contribution in [0.2, 0.25) is 5.15 Å². The zero-order valence-corrected chi connectivity index (χ0v) is 8.00. The molecule has 0 fully saturated rings. The maximum atomic E-state index is 10.7. The summed E-state index contributed by atoms with van der Waals surface area (Å²) in [4.78, 5) is 25.1. The molecule has 1 amide bonds. The number of nitrogens with one attached hydrogen (secondary N) is 1. The predicted molar refractivity (Wildman–Crippen MR) is 50.5 cm³/mol. The quantitative estimate of drug-likeness (QED) is 0.730. The van der Waals surface area contributed by atoms with Gasteiger partial charge >= 0.3 is 5.97 Å². The van der Waals surface area contributed by atoms with Crippen LogP contribution in [0.5, 0.6) is 0 Å². The average molecular weight is 215 g/mol. The van der Waals surface area contributed by atoms with E-state index < -0.39 is 11.9 Å². The Morgan fingerprint density at radius 1 is 1.50 bits per heavy atom. The second-order valence-electron chi connectivity index (χ2n) is 2.52. The van der Waals surface area contributed by atoms with Crippen molar-refractivity contribution in [3.8, 4) is 0 Å². The number of carbonyl (C=O) groups excluding carboxylic acids is 1. The van der Waals surface area contributed by atoms with Crippen LogP contribution in [0.1, 0.15) is 17.3 Å². The van der Waals surface area contributed by atoms with Crippen molar-refractivity contribution < 1.29 is 14.7 Å². The lowest BCUT2D eigenvalue weighted by Gasteiger charge is -2.04. The smallest absolute Gasteiger partial charge is 0.339 e. The van der Waals surface area contributed by atoms with E-state index in [1.54, 1.807) is 0 Å². The maximum Gasteiger partial charge on any atom is 0.339 e. The number of nitrogens with zero attached hydrogens (tertiary/aromatic N) is 1. The Hall–Kier alpha value is -1.62. The zero-order valence-electron chi connectivity index (χ0n) is 7.24. The summed E-state index contributed by atoms with van der Waals surface area (Å²) in [6, 6.07) is 2.62. The fraction of sp³-hybridized carbons (Fsp3) is 0.125. The molecule has 0 atom stereocenters. The van der Waals surface area contributed by atoms with E-state index in [1.165, 1.54) is 19.1 Å². The molecule has 1 aromatic heterocycles. The van der Waals surface area contributed by atoms with E-state index in [1.807, 2.05) is 0 Å². The number of pyridine rings is 1. The van der Waals surface area contributed by atoms with Crippen molar-refractivity contribution in [2.75, 3.05) is 5.32 Å². The first-order valence-corrected chi connectivity index (χ1v) is 4.06. The van der Waals surface area contributed by atoms with Gasteiger partial charge in [-0.1, -0.05) is 11.6 Å². The lowest BCUT2D eigenvalue weighted by Crippen LogP contribution is -2.12. The van der Waals surface area contributed by atoms with Gasteiger partial charge in [0, 0.05) is 6.92 Å². The van der Waals surface area contributed by atoms with E-state index in [0.29, 0.717) is 0 Å². The monoisotopic (exact) mass is 214 g/mol. The summed E-state index contributed by atoms with van der Waals surface area (Å²) >= 11 is 5.55. The molecule has 0 aliphatic rings. The summed E-state index contributed by atoms with van der Waals surface area (Å²) in [5.41, 5.74) is -0.0930. The number of amides is 1. The van der Waals surface area contributed by atoms with Crippen LogP contribution in [0.3, 0.4) is 0 Å². The molecule has 6 heteroatoms. The summed E-state index contributed by atoms with van der Waals surface area (Å²) in [6.45, 7) is 1.26. The molecule has 0 spiro atoms. The van der Waals surface area contributed by atoms with Crippen molar-refractivity contribution >= 4 is 29.3 Å². The number of carboxylic acids is 1. The molecule has 0 radical (unpaired) electrons. The van der Waals surface area contributed by atoms with Gasteiger partial charge in [0.1, 0.15) is 16.5 Å². The van der Waals surface area contributed by atoms with Crippen LogP contribution in [0.25, 0.3) is 0 Å². The third kappa shape index (κ3) is 2.43. The Kier molecular flexibility index (Phi) is 3.03. The van der Waals surface area contributed by atoms with Gasteiger partial charge in [0.05, 0.1) is 0 Å². The van der Waals surface area contributed by atoms with E-state index >= 15 is 0 Å². The van der Waals surface area contributed by atoms with Crippen molar-refractivity contribution in [2.45, 2.75) is 6.92 Å². The number of anilines is 1. The van der Waals surface area contributed by atoms with Crippen molar-refractivity contribution in [3.05, 3.63) is 22.8 Å². The third-order valence-electron chi connectivity index (χ3n) is 1.39. The molecule has 2 N–H and O–H groups in total. The molecule has 1 heterocycles. The van der Waals surface area contributed by atoms with E-state index in [0.717, 1.165) is 0 Å². The summed E-state index contributed by atoms with van der Waals surface area (Å²) in [6.07, 6.45) is 0. The number of halogens is 1. The van der Waals surface area contributed by atoms with E-state index in [-0.39, 0.29) is 16.5 Å². The summed E-state index contributed by atoms with van der Waals surface area (Å²) in [5.74, 6) is -1.61. The molecule has 0 unspecified atom stereocenters. The minimum absolute atomic E-state index is 0.0440. The number of hydrogen-bond acceptors (Lipinski definition) is 3. The van der Waals surface area contributed by atoms with E-state index in [4.69, 9.17) is 16.7 Å². The third-order valence-corrected chi connectivity index (χ3v) is 1.60. The van der Waals surface area contributed by atoms with Crippen LogP contribution in [0.15, 0.2) is 12.1 Å². The van der Waals surface area contributed by atoms with Gasteiger partial charge in [0.25, 0.3) is 0 Å². The maximum absolute atomic E-state index is 10.7. The van der Waals surface area contributed by atoms with Crippen LogP contribution >= 0.6 is 11.6 Å². The minimum atomic E-state index is -1.17. The number of aromatic carboxylic acids is 1. The second kappa shape index (κ2) is 4.06. The highest BCUT2D eigenvalue weighted by Crippen LogP contribution is 2.16. The molecular weight excluding hydrogens is 208 g/mol. The Balaban J connectivity index is 3.15. The van der Waals surface area contributed by atoms with Gasteiger partial charge in [-0.2, -0.15) is 0 Å². The summed E-state index contributed by atoms with van der Waals surface area (Å²) < 4.78 is 0. The second-order valence-corrected chi connectivity index (χ2v) is 2.90. The topological polar surface area (TPSA) is 79.3 Å². The summed E-state index contributed by atoms with van der Waals surface area (Å²) in [5, 5.41) is 11.1.